The number of anilines is 1. The van der Waals surface area contributed by atoms with Gasteiger partial charge in [0, 0.05) is 45.1 Å². The largest absolute Gasteiger partial charge is 0.363 e. The first kappa shape index (κ1) is 23.0. The average molecular weight is 448 g/mol. The molecule has 0 N–H and O–H groups in total. The number of unbranched alkanes of at least 4 members (excludes halogenated alkanes) is 5. The highest BCUT2D eigenvalue weighted by Gasteiger charge is 2.41. The maximum atomic E-state index is 13.5. The monoisotopic (exact) mass is 447 g/mol. The van der Waals surface area contributed by atoms with Crippen LogP contribution in [-0.2, 0) is 9.59 Å². The van der Waals surface area contributed by atoms with E-state index in [1.165, 1.54) is 24.2 Å². The summed E-state index contributed by atoms with van der Waals surface area (Å²) in [5, 5.41) is 0. The molecule has 0 saturated carbocycles. The zero-order valence-electron chi connectivity index (χ0n) is 19.4. The van der Waals surface area contributed by atoms with Crippen LogP contribution in [0.2, 0.25) is 0 Å². The first-order valence-electron chi connectivity index (χ1n) is 12.1. The molecule has 1 aromatic heterocycles. The second kappa shape index (κ2) is 11.1. The molecule has 1 aromatic carbocycles. The van der Waals surface area contributed by atoms with Crippen molar-refractivity contribution in [2.45, 2.75) is 45.4 Å². The van der Waals surface area contributed by atoms with Crippen LogP contribution < -0.4 is 4.90 Å². The van der Waals surface area contributed by atoms with Crippen LogP contribution in [0.3, 0.4) is 0 Å². The molecule has 0 radical (unpaired) electrons. The minimum absolute atomic E-state index is 0.156. The zero-order chi connectivity index (χ0) is 23.0. The molecule has 174 valence electrons. The van der Waals surface area contributed by atoms with Crippen molar-refractivity contribution < 1.29 is 9.59 Å². The van der Waals surface area contributed by atoms with E-state index in [4.69, 9.17) is 0 Å². The van der Waals surface area contributed by atoms with Crippen molar-refractivity contribution in [3.8, 4) is 0 Å². The smallest absolute Gasteiger partial charge is 0.277 e. The molecule has 1 fully saturated rings. The third-order valence-corrected chi connectivity index (χ3v) is 6.37. The highest BCUT2D eigenvalue weighted by atomic mass is 16.2. The number of nitrogens with zero attached hydrogens (tertiary/aromatic N) is 5. The molecular formula is C26H33N5O2. The normalized spacial score (nSPS) is 16.8. The molecule has 3 heterocycles. The third-order valence-electron chi connectivity index (χ3n) is 6.37. The molecule has 0 atom stereocenters. The number of hydrogen-bond donors (Lipinski definition) is 0. The van der Waals surface area contributed by atoms with E-state index >= 15 is 0 Å². The fraction of sp³-hybridized carbons (Fsp3) is 0.462. The summed E-state index contributed by atoms with van der Waals surface area (Å²) in [6.07, 6.45) is 10.2. The van der Waals surface area contributed by atoms with Crippen molar-refractivity contribution in [3.63, 3.8) is 0 Å². The van der Waals surface area contributed by atoms with Crippen molar-refractivity contribution in [1.82, 2.24) is 19.8 Å². The second-order valence-corrected chi connectivity index (χ2v) is 8.64. The van der Waals surface area contributed by atoms with Gasteiger partial charge < -0.3 is 9.80 Å². The molecule has 0 spiro atoms. The molecule has 2 aromatic rings. The first-order valence-corrected chi connectivity index (χ1v) is 12.1. The molecule has 2 aliphatic heterocycles. The number of rotatable bonds is 10. The number of aromatic nitrogens is 2. The predicted octanol–water partition coefficient (Wildman–Crippen LogP) is 3.74. The summed E-state index contributed by atoms with van der Waals surface area (Å²) < 4.78 is 0. The van der Waals surface area contributed by atoms with E-state index in [0.717, 1.165) is 24.8 Å². The summed E-state index contributed by atoms with van der Waals surface area (Å²) in [7, 11) is 0. The van der Waals surface area contributed by atoms with Gasteiger partial charge in [-0.1, -0.05) is 69.4 Å². The molecule has 33 heavy (non-hydrogen) atoms. The molecule has 7 heteroatoms. The van der Waals surface area contributed by atoms with Gasteiger partial charge in [0.1, 0.15) is 5.70 Å². The fourth-order valence-electron chi connectivity index (χ4n) is 4.56. The van der Waals surface area contributed by atoms with Gasteiger partial charge in [-0.2, -0.15) is 0 Å². The van der Waals surface area contributed by atoms with Crippen LogP contribution in [0, 0.1) is 0 Å². The van der Waals surface area contributed by atoms with Gasteiger partial charge in [0.05, 0.1) is 5.57 Å². The Bertz CT molecular complexity index is 969. The van der Waals surface area contributed by atoms with E-state index in [1.807, 2.05) is 30.3 Å². The number of carbonyl (C=O) groups is 2. The predicted molar refractivity (Wildman–Crippen MR) is 129 cm³/mol. The van der Waals surface area contributed by atoms with E-state index in [0.29, 0.717) is 49.9 Å². The molecule has 0 bridgehead atoms. The summed E-state index contributed by atoms with van der Waals surface area (Å²) in [6, 6.07) is 11.4. The van der Waals surface area contributed by atoms with E-state index in [9.17, 15) is 9.59 Å². The van der Waals surface area contributed by atoms with Crippen LogP contribution in [0.1, 0.15) is 51.0 Å². The lowest BCUT2D eigenvalue weighted by Gasteiger charge is -2.36. The van der Waals surface area contributed by atoms with Crippen molar-refractivity contribution in [2.75, 3.05) is 37.6 Å². The zero-order valence-corrected chi connectivity index (χ0v) is 19.4. The molecule has 0 unspecified atom stereocenters. The summed E-state index contributed by atoms with van der Waals surface area (Å²) in [5.74, 6) is 0.383. The van der Waals surface area contributed by atoms with E-state index < -0.39 is 0 Å². The van der Waals surface area contributed by atoms with Gasteiger partial charge >= 0.3 is 0 Å². The standard InChI is InChI=1S/C26H33N5O2/c1-2-3-4-5-6-10-16-31-24(32)22(21-12-8-7-9-13-21)23(25(31)33)29-17-19-30(20-18-29)26-27-14-11-15-28-26/h7-9,11-15H,2-6,10,16-20H2,1H3. The Morgan fingerprint density at radius 2 is 1.39 bits per heavy atom. The molecule has 7 nitrogen and oxygen atoms in total. The summed E-state index contributed by atoms with van der Waals surface area (Å²) >= 11 is 0. The Balaban J connectivity index is 1.49. The highest BCUT2D eigenvalue weighted by Crippen LogP contribution is 2.32. The number of piperazine rings is 1. The van der Waals surface area contributed by atoms with Gasteiger partial charge in [0.2, 0.25) is 5.95 Å². The number of carbonyl (C=O) groups excluding carboxylic acids is 2. The lowest BCUT2D eigenvalue weighted by molar-refractivity contribution is -0.137. The molecule has 2 amide bonds. The maximum Gasteiger partial charge on any atom is 0.277 e. The minimum atomic E-state index is -0.163. The summed E-state index contributed by atoms with van der Waals surface area (Å²) in [4.78, 5) is 41.2. The minimum Gasteiger partial charge on any atom is -0.363 e. The van der Waals surface area contributed by atoms with Gasteiger partial charge in [-0.25, -0.2) is 9.97 Å². The third kappa shape index (κ3) is 5.24. The molecular weight excluding hydrogens is 414 g/mol. The maximum absolute atomic E-state index is 13.5. The molecule has 4 rings (SSSR count). The SMILES string of the molecule is CCCCCCCCN1C(=O)C(c2ccccc2)=C(N2CCN(c3ncccn3)CC2)C1=O. The van der Waals surface area contributed by atoms with Gasteiger partial charge in [-0.15, -0.1) is 0 Å². The Morgan fingerprint density at radius 1 is 0.758 bits per heavy atom. The summed E-state index contributed by atoms with van der Waals surface area (Å²) in [6.45, 7) is 5.39. The van der Waals surface area contributed by atoms with Crippen molar-refractivity contribution >= 4 is 23.3 Å². The molecule has 0 aliphatic carbocycles. The fourth-order valence-corrected chi connectivity index (χ4v) is 4.56. The van der Waals surface area contributed by atoms with Crippen molar-refractivity contribution in [2.24, 2.45) is 0 Å². The Labute approximate surface area is 196 Å². The average Bonchev–Trinajstić information content (AvgIpc) is 3.12. The number of hydrogen-bond acceptors (Lipinski definition) is 6. The quantitative estimate of drug-likeness (QED) is 0.408. The van der Waals surface area contributed by atoms with Gasteiger partial charge in [-0.05, 0) is 18.1 Å². The molecule has 1 saturated heterocycles. The van der Waals surface area contributed by atoms with Crippen LogP contribution in [0.4, 0.5) is 5.95 Å². The summed E-state index contributed by atoms with van der Waals surface area (Å²) in [5.41, 5.74) is 1.90. The van der Waals surface area contributed by atoms with E-state index in [2.05, 4.69) is 26.7 Å². The van der Waals surface area contributed by atoms with Crippen LogP contribution in [0.15, 0.2) is 54.5 Å². The lowest BCUT2D eigenvalue weighted by atomic mass is 10.0. The van der Waals surface area contributed by atoms with Crippen LogP contribution in [-0.4, -0.2) is 64.3 Å². The topological polar surface area (TPSA) is 69.6 Å². The molecule has 2 aliphatic rings. The van der Waals surface area contributed by atoms with Gasteiger partial charge in [-0.3, -0.25) is 14.5 Å². The van der Waals surface area contributed by atoms with Crippen molar-refractivity contribution in [1.29, 1.82) is 0 Å². The first-order chi connectivity index (χ1) is 16.2. The number of amides is 2. The Hall–Kier alpha value is -3.22. The van der Waals surface area contributed by atoms with E-state index in [-0.39, 0.29) is 11.8 Å². The van der Waals surface area contributed by atoms with Gasteiger partial charge in [0.15, 0.2) is 0 Å². The van der Waals surface area contributed by atoms with Crippen molar-refractivity contribution in [3.05, 3.63) is 60.1 Å². The van der Waals surface area contributed by atoms with Crippen LogP contribution in [0.25, 0.3) is 5.57 Å². The lowest BCUT2D eigenvalue weighted by Crippen LogP contribution is -2.48. The van der Waals surface area contributed by atoms with Gasteiger partial charge in [0.25, 0.3) is 11.8 Å². The number of imide groups is 1. The van der Waals surface area contributed by atoms with Crippen LogP contribution >= 0.6 is 0 Å². The number of benzene rings is 1. The Morgan fingerprint density at radius 3 is 2.09 bits per heavy atom. The van der Waals surface area contributed by atoms with Crippen LogP contribution in [0.5, 0.6) is 0 Å². The Kier molecular flexibility index (Phi) is 7.70. The highest BCUT2D eigenvalue weighted by molar-refractivity contribution is 6.35. The van der Waals surface area contributed by atoms with E-state index in [1.54, 1.807) is 18.5 Å². The second-order valence-electron chi connectivity index (χ2n) is 8.64.